The van der Waals surface area contributed by atoms with Crippen molar-refractivity contribution < 1.29 is 10.2 Å². The highest BCUT2D eigenvalue weighted by molar-refractivity contribution is 7.99. The van der Waals surface area contributed by atoms with Crippen LogP contribution in [0.2, 0.25) is 0 Å². The fraction of sp³-hybridized carbons (Fsp3) is 0.364. The van der Waals surface area contributed by atoms with Gasteiger partial charge in [-0.1, -0.05) is 18.7 Å². The topological polar surface area (TPSA) is 90.1 Å². The third kappa shape index (κ3) is 4.07. The van der Waals surface area contributed by atoms with Gasteiger partial charge in [-0.15, -0.1) is 0 Å². The molecule has 92 valence electrons. The zero-order valence-electron chi connectivity index (χ0n) is 9.77. The molecule has 5 nitrogen and oxygen atoms in total. The highest BCUT2D eigenvalue weighted by Gasteiger charge is 2.06. The van der Waals surface area contributed by atoms with Crippen molar-refractivity contribution in [3.63, 3.8) is 0 Å². The van der Waals surface area contributed by atoms with E-state index in [1.165, 1.54) is 17.8 Å². The van der Waals surface area contributed by atoms with Crippen LogP contribution in [0.5, 0.6) is 5.88 Å². The summed E-state index contributed by atoms with van der Waals surface area (Å²) < 4.78 is 0. The molecular formula is C11H15N3O2S. The van der Waals surface area contributed by atoms with Crippen LogP contribution in [0.15, 0.2) is 22.6 Å². The summed E-state index contributed by atoms with van der Waals surface area (Å²) >= 11 is 1.27. The van der Waals surface area contributed by atoms with E-state index in [0.717, 1.165) is 6.21 Å². The predicted octanol–water partition coefficient (Wildman–Crippen LogP) is 2.45. The smallest absolute Gasteiger partial charge is 0.215 e. The Hall–Kier alpha value is -1.56. The third-order valence-electron chi connectivity index (χ3n) is 2.06. The number of hydrogen-bond donors (Lipinski definition) is 3. The Morgan fingerprint density at radius 1 is 1.53 bits per heavy atom. The van der Waals surface area contributed by atoms with Crippen molar-refractivity contribution in [1.82, 2.24) is 9.97 Å². The molecule has 1 rings (SSSR count). The predicted molar refractivity (Wildman–Crippen MR) is 67.9 cm³/mol. The van der Waals surface area contributed by atoms with Gasteiger partial charge in [0.15, 0.2) is 5.16 Å². The van der Waals surface area contributed by atoms with E-state index in [1.54, 1.807) is 6.92 Å². The van der Waals surface area contributed by atoms with Crippen LogP contribution in [0.25, 0.3) is 0 Å². The van der Waals surface area contributed by atoms with E-state index < -0.39 is 0 Å². The Kier molecular flexibility index (Phi) is 4.96. The van der Waals surface area contributed by atoms with Gasteiger partial charge in [0, 0.05) is 35.7 Å². The van der Waals surface area contributed by atoms with Crippen molar-refractivity contribution in [2.45, 2.75) is 25.4 Å². The number of aliphatic hydroxyl groups is 1. The number of rotatable bonds is 5. The van der Waals surface area contributed by atoms with Crippen molar-refractivity contribution >= 4 is 18.0 Å². The molecule has 0 unspecified atom stereocenters. The summed E-state index contributed by atoms with van der Waals surface area (Å²) in [5.41, 5.74) is 1.22. The summed E-state index contributed by atoms with van der Waals surface area (Å²) in [6.45, 7) is 3.58. The summed E-state index contributed by atoms with van der Waals surface area (Å²) in [4.78, 5) is 7.99. The zero-order chi connectivity index (χ0) is 12.8. The zero-order valence-corrected chi connectivity index (χ0v) is 10.6. The van der Waals surface area contributed by atoms with E-state index in [4.69, 9.17) is 5.41 Å². The Balaban J connectivity index is 2.76. The van der Waals surface area contributed by atoms with Gasteiger partial charge in [-0.2, -0.15) is 4.98 Å². The van der Waals surface area contributed by atoms with Crippen molar-refractivity contribution in [3.05, 3.63) is 23.1 Å². The number of allylic oxidation sites excluding steroid dienone is 1. The van der Waals surface area contributed by atoms with Gasteiger partial charge < -0.3 is 15.6 Å². The van der Waals surface area contributed by atoms with Gasteiger partial charge in [-0.3, -0.25) is 0 Å². The van der Waals surface area contributed by atoms with Crippen molar-refractivity contribution in [1.29, 1.82) is 5.41 Å². The van der Waals surface area contributed by atoms with Crippen LogP contribution in [0.4, 0.5) is 0 Å². The highest BCUT2D eigenvalue weighted by atomic mass is 32.2. The van der Waals surface area contributed by atoms with Gasteiger partial charge in [0.2, 0.25) is 5.88 Å². The quantitative estimate of drug-likeness (QED) is 0.324. The van der Waals surface area contributed by atoms with E-state index in [0.29, 0.717) is 28.6 Å². The molecule has 0 aliphatic carbocycles. The first-order chi connectivity index (χ1) is 8.06. The molecule has 3 N–H and O–H groups in total. The van der Waals surface area contributed by atoms with E-state index >= 15 is 0 Å². The van der Waals surface area contributed by atoms with Gasteiger partial charge in [-0.05, 0) is 6.92 Å². The average Bonchev–Trinajstić information content (AvgIpc) is 2.28. The molecule has 1 heterocycles. The fourth-order valence-electron chi connectivity index (χ4n) is 1.17. The maximum atomic E-state index is 9.53. The van der Waals surface area contributed by atoms with Crippen LogP contribution in [0.1, 0.15) is 19.0 Å². The largest absolute Gasteiger partial charge is 0.512 e. The molecule has 0 fully saturated rings. The number of thioether (sulfide) groups is 1. The summed E-state index contributed by atoms with van der Waals surface area (Å²) in [5, 5.41) is 26.5. The third-order valence-corrected chi connectivity index (χ3v) is 2.95. The first-order valence-corrected chi connectivity index (χ1v) is 6.14. The van der Waals surface area contributed by atoms with Crippen molar-refractivity contribution in [2.75, 3.05) is 5.75 Å². The standard InChI is InChI=1S/C11H15N3O2S/c1-3-9(15)8(5-12)6-17-11-13-7(2)4-10(16)14-11/h4-5,12,15H,3,6H2,1-2H3,(H,13,14,16)/b9-8+,12-5?. The summed E-state index contributed by atoms with van der Waals surface area (Å²) in [6.07, 6.45) is 1.62. The molecule has 0 spiro atoms. The fourth-order valence-corrected chi connectivity index (χ4v) is 2.07. The lowest BCUT2D eigenvalue weighted by Crippen LogP contribution is -1.97. The minimum absolute atomic E-state index is 0.0694. The first-order valence-electron chi connectivity index (χ1n) is 5.15. The van der Waals surface area contributed by atoms with Gasteiger partial charge >= 0.3 is 0 Å². The lowest BCUT2D eigenvalue weighted by atomic mass is 10.2. The van der Waals surface area contributed by atoms with Crippen LogP contribution >= 0.6 is 11.8 Å². The molecule has 0 aromatic carbocycles. The second-order valence-corrected chi connectivity index (χ2v) is 4.35. The molecule has 0 aliphatic rings. The maximum absolute atomic E-state index is 9.53. The molecule has 0 atom stereocenters. The second-order valence-electron chi connectivity index (χ2n) is 3.41. The normalized spacial score (nSPS) is 12.1. The highest BCUT2D eigenvalue weighted by Crippen LogP contribution is 2.20. The average molecular weight is 253 g/mol. The molecular weight excluding hydrogens is 238 g/mol. The number of nitrogens with zero attached hydrogens (tertiary/aromatic N) is 2. The molecule has 0 radical (unpaired) electrons. The lowest BCUT2D eigenvalue weighted by molar-refractivity contribution is 0.391. The number of aliphatic hydroxyl groups excluding tert-OH is 1. The Labute approximate surface area is 104 Å². The maximum Gasteiger partial charge on any atom is 0.215 e. The molecule has 17 heavy (non-hydrogen) atoms. The molecule has 0 amide bonds. The molecule has 0 bridgehead atoms. The monoisotopic (exact) mass is 253 g/mol. The van der Waals surface area contributed by atoms with Gasteiger partial charge in [-0.25, -0.2) is 4.98 Å². The van der Waals surface area contributed by atoms with Crippen LogP contribution in [-0.4, -0.2) is 32.1 Å². The van der Waals surface area contributed by atoms with E-state index in [-0.39, 0.29) is 11.6 Å². The van der Waals surface area contributed by atoms with E-state index in [2.05, 4.69) is 9.97 Å². The lowest BCUT2D eigenvalue weighted by Gasteiger charge is -2.04. The second kappa shape index (κ2) is 6.24. The molecule has 0 saturated heterocycles. The van der Waals surface area contributed by atoms with Crippen molar-refractivity contribution in [3.8, 4) is 5.88 Å². The summed E-state index contributed by atoms with van der Waals surface area (Å²) in [5.74, 6) is 0.538. The number of nitrogens with one attached hydrogen (secondary N) is 1. The number of hydrogen-bond acceptors (Lipinski definition) is 6. The Morgan fingerprint density at radius 2 is 2.24 bits per heavy atom. The van der Waals surface area contributed by atoms with Gasteiger partial charge in [0.1, 0.15) is 0 Å². The van der Waals surface area contributed by atoms with Crippen LogP contribution < -0.4 is 0 Å². The Bertz CT molecular complexity index is 426. The van der Waals surface area contributed by atoms with Gasteiger partial charge in [0.05, 0.1) is 5.76 Å². The minimum Gasteiger partial charge on any atom is -0.512 e. The number of aromatic nitrogens is 2. The van der Waals surface area contributed by atoms with E-state index in [9.17, 15) is 10.2 Å². The van der Waals surface area contributed by atoms with Crippen LogP contribution in [0, 0.1) is 12.3 Å². The summed E-state index contributed by atoms with van der Waals surface area (Å²) in [6, 6.07) is 1.47. The molecule has 0 aliphatic heterocycles. The van der Waals surface area contributed by atoms with E-state index in [1.807, 2.05) is 6.92 Å². The molecule has 0 saturated carbocycles. The van der Waals surface area contributed by atoms with Crippen LogP contribution in [0.3, 0.4) is 0 Å². The van der Waals surface area contributed by atoms with Gasteiger partial charge in [0.25, 0.3) is 0 Å². The SMILES string of the molecule is CC/C(O)=C(/C=N)CSc1nc(C)cc(O)n1. The molecule has 1 aromatic heterocycles. The number of aromatic hydroxyl groups is 1. The van der Waals surface area contributed by atoms with Crippen LogP contribution in [-0.2, 0) is 0 Å². The Morgan fingerprint density at radius 3 is 2.76 bits per heavy atom. The first kappa shape index (κ1) is 13.5. The van der Waals surface area contributed by atoms with Crippen molar-refractivity contribution in [2.24, 2.45) is 0 Å². The minimum atomic E-state index is -0.0694. The summed E-state index contributed by atoms with van der Waals surface area (Å²) in [7, 11) is 0. The molecule has 6 heteroatoms. The molecule has 1 aromatic rings. The number of aryl methyl sites for hydroxylation is 1.